The number of thioether (sulfide) groups is 1. The maximum Gasteiger partial charge on any atom is 0.277 e. The van der Waals surface area contributed by atoms with Crippen molar-refractivity contribution < 1.29 is 9.21 Å². The van der Waals surface area contributed by atoms with E-state index in [0.717, 1.165) is 11.1 Å². The molecular formula is C22H24N2O2S. The molecule has 0 spiro atoms. The number of aryl methyl sites for hydroxylation is 1. The molecule has 0 N–H and O–H groups in total. The molecule has 0 amide bonds. The minimum absolute atomic E-state index is 0.0519. The predicted molar refractivity (Wildman–Crippen MR) is 109 cm³/mol. The molecule has 2 aromatic carbocycles. The van der Waals surface area contributed by atoms with Gasteiger partial charge in [-0.1, -0.05) is 75.0 Å². The van der Waals surface area contributed by atoms with Gasteiger partial charge in [-0.15, -0.1) is 10.2 Å². The first-order valence-corrected chi connectivity index (χ1v) is 9.84. The van der Waals surface area contributed by atoms with Gasteiger partial charge in [0.15, 0.2) is 5.78 Å². The van der Waals surface area contributed by atoms with Crippen LogP contribution < -0.4 is 0 Å². The molecule has 5 heteroatoms. The van der Waals surface area contributed by atoms with Gasteiger partial charge in [-0.2, -0.15) is 0 Å². The molecule has 3 rings (SSSR count). The highest BCUT2D eigenvalue weighted by Crippen LogP contribution is 2.29. The van der Waals surface area contributed by atoms with Crippen molar-refractivity contribution in [2.24, 2.45) is 0 Å². The molecule has 0 radical (unpaired) electrons. The smallest absolute Gasteiger partial charge is 0.277 e. The zero-order valence-corrected chi connectivity index (χ0v) is 17.1. The molecule has 1 unspecified atom stereocenters. The van der Waals surface area contributed by atoms with Gasteiger partial charge in [0.1, 0.15) is 0 Å². The molecule has 0 aliphatic rings. The van der Waals surface area contributed by atoms with Crippen LogP contribution in [-0.2, 0) is 5.41 Å². The summed E-state index contributed by atoms with van der Waals surface area (Å²) in [6, 6.07) is 15.7. The van der Waals surface area contributed by atoms with Crippen molar-refractivity contribution in [3.05, 3.63) is 65.2 Å². The van der Waals surface area contributed by atoms with Crippen molar-refractivity contribution >= 4 is 17.5 Å². The number of hydrogen-bond donors (Lipinski definition) is 0. The quantitative estimate of drug-likeness (QED) is 0.419. The fourth-order valence-electron chi connectivity index (χ4n) is 2.75. The number of hydrogen-bond acceptors (Lipinski definition) is 5. The summed E-state index contributed by atoms with van der Waals surface area (Å²) in [6.07, 6.45) is 0. The van der Waals surface area contributed by atoms with Crippen molar-refractivity contribution in [3.8, 4) is 11.5 Å². The number of carbonyl (C=O) groups excluding carboxylic acids is 1. The van der Waals surface area contributed by atoms with Gasteiger partial charge in [-0.25, -0.2) is 0 Å². The molecule has 0 bridgehead atoms. The van der Waals surface area contributed by atoms with Crippen LogP contribution in [0.2, 0.25) is 0 Å². The molecule has 4 nitrogen and oxygen atoms in total. The second-order valence-electron chi connectivity index (χ2n) is 7.64. The van der Waals surface area contributed by atoms with Gasteiger partial charge in [0.2, 0.25) is 5.89 Å². The normalized spacial score (nSPS) is 12.8. The van der Waals surface area contributed by atoms with Crippen LogP contribution in [0.15, 0.2) is 58.2 Å². The van der Waals surface area contributed by atoms with E-state index in [4.69, 9.17) is 4.42 Å². The molecular weight excluding hydrogens is 356 g/mol. The molecule has 140 valence electrons. The third kappa shape index (κ3) is 4.48. The number of nitrogens with zero attached hydrogens (tertiary/aromatic N) is 2. The van der Waals surface area contributed by atoms with Crippen molar-refractivity contribution in [1.29, 1.82) is 0 Å². The lowest BCUT2D eigenvalue weighted by Crippen LogP contribution is -2.15. The van der Waals surface area contributed by atoms with Gasteiger partial charge in [0.05, 0.1) is 5.25 Å². The lowest BCUT2D eigenvalue weighted by Gasteiger charge is -2.19. The molecule has 1 aromatic heterocycles. The summed E-state index contributed by atoms with van der Waals surface area (Å²) in [6.45, 7) is 10.3. The van der Waals surface area contributed by atoms with Crippen molar-refractivity contribution in [3.63, 3.8) is 0 Å². The molecule has 0 aliphatic carbocycles. The molecule has 3 aromatic rings. The third-order valence-corrected chi connectivity index (χ3v) is 5.40. The molecule has 0 fully saturated rings. The lowest BCUT2D eigenvalue weighted by molar-refractivity contribution is 0.0993. The van der Waals surface area contributed by atoms with E-state index in [1.54, 1.807) is 0 Å². The largest absolute Gasteiger partial charge is 0.411 e. The van der Waals surface area contributed by atoms with E-state index >= 15 is 0 Å². The topological polar surface area (TPSA) is 56.0 Å². The molecule has 0 aliphatic heterocycles. The van der Waals surface area contributed by atoms with Crippen LogP contribution in [-0.4, -0.2) is 21.2 Å². The third-order valence-electron chi connectivity index (χ3n) is 4.46. The van der Waals surface area contributed by atoms with Crippen molar-refractivity contribution in [1.82, 2.24) is 10.2 Å². The maximum atomic E-state index is 12.7. The monoisotopic (exact) mass is 380 g/mol. The molecule has 27 heavy (non-hydrogen) atoms. The van der Waals surface area contributed by atoms with E-state index in [9.17, 15) is 4.79 Å². The maximum absolute atomic E-state index is 12.7. The second-order valence-corrected chi connectivity index (χ2v) is 8.93. The highest BCUT2D eigenvalue weighted by molar-refractivity contribution is 8.00. The van der Waals surface area contributed by atoms with E-state index < -0.39 is 0 Å². The highest BCUT2D eigenvalue weighted by atomic mass is 32.2. The Hall–Kier alpha value is -2.40. The van der Waals surface area contributed by atoms with Crippen LogP contribution in [0, 0.1) is 6.92 Å². The van der Waals surface area contributed by atoms with Crippen LogP contribution in [0.3, 0.4) is 0 Å². The predicted octanol–water partition coefficient (Wildman–Crippen LogP) is 5.71. The standard InChI is InChI=1S/C22H24N2O2S/c1-14-8-6-7-9-18(14)20-23-24-21(26-20)27-15(2)19(25)16-10-12-17(13-11-16)22(3,4)5/h6-13,15H,1-5H3. The Balaban J connectivity index is 1.71. The van der Waals surface area contributed by atoms with E-state index in [0.29, 0.717) is 16.7 Å². The SMILES string of the molecule is Cc1ccccc1-c1nnc(SC(C)C(=O)c2ccc(C(C)(C)C)cc2)o1. The number of aromatic nitrogens is 2. The molecule has 0 saturated heterocycles. The van der Waals surface area contributed by atoms with Crippen LogP contribution in [0.5, 0.6) is 0 Å². The Kier molecular flexibility index (Phi) is 5.51. The van der Waals surface area contributed by atoms with Gasteiger partial charge in [0, 0.05) is 11.1 Å². The Labute approximate surface area is 164 Å². The summed E-state index contributed by atoms with van der Waals surface area (Å²) in [7, 11) is 0. The second kappa shape index (κ2) is 7.69. The first kappa shape index (κ1) is 19.4. The van der Waals surface area contributed by atoms with Crippen LogP contribution in [0.25, 0.3) is 11.5 Å². The summed E-state index contributed by atoms with van der Waals surface area (Å²) in [5.41, 5.74) is 3.95. The summed E-state index contributed by atoms with van der Waals surface area (Å²) in [4.78, 5) is 12.7. The molecule has 1 atom stereocenters. The Morgan fingerprint density at radius 3 is 2.33 bits per heavy atom. The van der Waals surface area contributed by atoms with Gasteiger partial charge in [0.25, 0.3) is 5.22 Å². The Morgan fingerprint density at radius 2 is 1.70 bits per heavy atom. The van der Waals surface area contributed by atoms with Crippen LogP contribution >= 0.6 is 11.8 Å². The Bertz CT molecular complexity index is 939. The summed E-state index contributed by atoms with van der Waals surface area (Å²) < 4.78 is 5.76. The molecule has 0 saturated carbocycles. The van der Waals surface area contributed by atoms with E-state index in [1.165, 1.54) is 17.3 Å². The first-order valence-electron chi connectivity index (χ1n) is 8.96. The van der Waals surface area contributed by atoms with Gasteiger partial charge >= 0.3 is 0 Å². The van der Waals surface area contributed by atoms with E-state index in [2.05, 4.69) is 31.0 Å². The number of carbonyl (C=O) groups is 1. The number of Topliss-reactive ketones (excluding diaryl/α,β-unsaturated/α-hetero) is 1. The fraction of sp³-hybridized carbons (Fsp3) is 0.318. The lowest BCUT2D eigenvalue weighted by atomic mass is 9.86. The van der Waals surface area contributed by atoms with E-state index in [-0.39, 0.29) is 16.4 Å². The average Bonchev–Trinajstić information content (AvgIpc) is 3.09. The van der Waals surface area contributed by atoms with Gasteiger partial charge < -0.3 is 4.42 Å². The average molecular weight is 381 g/mol. The highest BCUT2D eigenvalue weighted by Gasteiger charge is 2.21. The minimum atomic E-state index is -0.310. The van der Waals surface area contributed by atoms with Gasteiger partial charge in [-0.05, 0) is 36.5 Å². The zero-order chi connectivity index (χ0) is 19.6. The fourth-order valence-corrected chi connectivity index (χ4v) is 3.51. The summed E-state index contributed by atoms with van der Waals surface area (Å²) in [5.74, 6) is 0.529. The first-order chi connectivity index (χ1) is 12.8. The number of rotatable bonds is 5. The van der Waals surface area contributed by atoms with Crippen LogP contribution in [0.4, 0.5) is 0 Å². The minimum Gasteiger partial charge on any atom is -0.411 e. The van der Waals surface area contributed by atoms with E-state index in [1.807, 2.05) is 62.4 Å². The summed E-state index contributed by atoms with van der Waals surface area (Å²) in [5, 5.41) is 8.31. The van der Waals surface area contributed by atoms with Gasteiger partial charge in [-0.3, -0.25) is 4.79 Å². The molecule has 1 heterocycles. The zero-order valence-electron chi connectivity index (χ0n) is 16.3. The number of benzene rings is 2. The number of ketones is 1. The van der Waals surface area contributed by atoms with Crippen LogP contribution in [0.1, 0.15) is 49.2 Å². The summed E-state index contributed by atoms with van der Waals surface area (Å²) >= 11 is 1.29. The Morgan fingerprint density at radius 1 is 1.04 bits per heavy atom. The van der Waals surface area contributed by atoms with Crippen molar-refractivity contribution in [2.45, 2.75) is 50.5 Å². The van der Waals surface area contributed by atoms with Crippen molar-refractivity contribution in [2.75, 3.05) is 0 Å².